The molecule has 0 aliphatic heterocycles. The number of amides is 1. The van der Waals surface area contributed by atoms with Gasteiger partial charge in [0.2, 0.25) is 5.91 Å². The van der Waals surface area contributed by atoms with E-state index >= 15 is 0 Å². The molecule has 1 amide bonds. The first-order valence-electron chi connectivity index (χ1n) is 9.25. The van der Waals surface area contributed by atoms with Crippen molar-refractivity contribution in [3.05, 3.63) is 39.4 Å². The fourth-order valence-corrected chi connectivity index (χ4v) is 2.99. The van der Waals surface area contributed by atoms with Crippen LogP contribution in [0.15, 0.2) is 33.8 Å². The Labute approximate surface area is 178 Å². The van der Waals surface area contributed by atoms with Crippen LogP contribution in [0.2, 0.25) is 0 Å². The highest BCUT2D eigenvalue weighted by Crippen LogP contribution is 2.15. The molecule has 0 saturated heterocycles. The van der Waals surface area contributed by atoms with Crippen molar-refractivity contribution >= 4 is 38.7 Å². The predicted molar refractivity (Wildman–Crippen MR) is 115 cm³/mol. The molecule has 0 radical (unpaired) electrons. The summed E-state index contributed by atoms with van der Waals surface area (Å²) in [5.74, 6) is -0.839. The summed E-state index contributed by atoms with van der Waals surface area (Å²) in [5.41, 5.74) is -0.394. The number of aromatic nitrogens is 2. The zero-order valence-corrected chi connectivity index (χ0v) is 19.0. The number of carbonyl (C=O) groups excluding carboxylic acids is 2. The number of fused-ring (bicyclic) bond motifs is 1. The van der Waals surface area contributed by atoms with Gasteiger partial charge in [0, 0.05) is 17.6 Å². The number of nitrogens with zero attached hydrogens (tertiary/aromatic N) is 4. The number of rotatable bonds is 7. The molecule has 0 spiro atoms. The lowest BCUT2D eigenvalue weighted by atomic mass is 10.2. The number of likely N-dealkylation sites (N-methyl/N-ethyl adjacent to an activating group) is 1. The summed E-state index contributed by atoms with van der Waals surface area (Å²) < 4.78 is 7.35. The molecule has 0 bridgehead atoms. The van der Waals surface area contributed by atoms with Crippen molar-refractivity contribution in [3.63, 3.8) is 0 Å². The van der Waals surface area contributed by atoms with Gasteiger partial charge in [-0.25, -0.2) is 4.98 Å². The van der Waals surface area contributed by atoms with Gasteiger partial charge < -0.3 is 14.5 Å². The molecule has 158 valence electrons. The van der Waals surface area contributed by atoms with Crippen LogP contribution in [0.4, 0.5) is 0 Å². The van der Waals surface area contributed by atoms with Crippen LogP contribution < -0.4 is 5.56 Å². The van der Waals surface area contributed by atoms with Gasteiger partial charge in [-0.05, 0) is 53.1 Å². The molecule has 0 N–H and O–H groups in total. The lowest BCUT2D eigenvalue weighted by Crippen LogP contribution is -2.44. The third-order valence-electron chi connectivity index (χ3n) is 4.00. The van der Waals surface area contributed by atoms with E-state index in [1.165, 1.54) is 15.8 Å². The van der Waals surface area contributed by atoms with Crippen LogP contribution in [0.1, 0.15) is 20.8 Å². The van der Waals surface area contributed by atoms with Gasteiger partial charge in [0.05, 0.1) is 17.2 Å². The van der Waals surface area contributed by atoms with Gasteiger partial charge in [0.15, 0.2) is 0 Å². The number of halogens is 1. The van der Waals surface area contributed by atoms with Crippen LogP contribution in [0.25, 0.3) is 10.9 Å². The molecule has 29 heavy (non-hydrogen) atoms. The largest absolute Gasteiger partial charge is 0.459 e. The van der Waals surface area contributed by atoms with E-state index in [1.54, 1.807) is 39.0 Å². The molecule has 1 heterocycles. The van der Waals surface area contributed by atoms with E-state index in [9.17, 15) is 14.4 Å². The van der Waals surface area contributed by atoms with Crippen molar-refractivity contribution in [1.29, 1.82) is 0 Å². The Morgan fingerprint density at radius 2 is 1.90 bits per heavy atom. The summed E-state index contributed by atoms with van der Waals surface area (Å²) in [7, 11) is 3.76. The van der Waals surface area contributed by atoms with E-state index in [4.69, 9.17) is 4.74 Å². The van der Waals surface area contributed by atoms with Crippen molar-refractivity contribution in [2.45, 2.75) is 32.9 Å². The molecule has 2 aromatic rings. The highest BCUT2D eigenvalue weighted by Gasteiger charge is 2.23. The molecule has 0 fully saturated rings. The van der Waals surface area contributed by atoms with E-state index in [1.807, 2.05) is 19.0 Å². The smallest absolute Gasteiger partial charge is 0.326 e. The van der Waals surface area contributed by atoms with Crippen molar-refractivity contribution in [2.24, 2.45) is 0 Å². The lowest BCUT2D eigenvalue weighted by Gasteiger charge is -2.26. The van der Waals surface area contributed by atoms with Gasteiger partial charge in [0.1, 0.15) is 18.7 Å². The maximum absolute atomic E-state index is 12.9. The Morgan fingerprint density at radius 3 is 2.52 bits per heavy atom. The second-order valence-electron chi connectivity index (χ2n) is 8.04. The molecular formula is C20H27BrN4O4. The Hall–Kier alpha value is -2.26. The second-order valence-corrected chi connectivity index (χ2v) is 8.96. The van der Waals surface area contributed by atoms with Crippen LogP contribution in [-0.2, 0) is 20.9 Å². The summed E-state index contributed by atoms with van der Waals surface area (Å²) in [4.78, 5) is 45.4. The molecule has 0 atom stereocenters. The average Bonchev–Trinajstić information content (AvgIpc) is 2.59. The van der Waals surface area contributed by atoms with Crippen molar-refractivity contribution in [1.82, 2.24) is 19.4 Å². The molecule has 0 unspecified atom stereocenters. The van der Waals surface area contributed by atoms with E-state index in [2.05, 4.69) is 20.9 Å². The maximum atomic E-state index is 12.9. The molecule has 1 aromatic carbocycles. The van der Waals surface area contributed by atoms with Gasteiger partial charge in [-0.2, -0.15) is 0 Å². The standard InChI is InChI=1S/C20H27BrN4O4/c1-20(2,3)29-18(27)12-24(9-8-23(4)5)17(26)11-25-13-22-16-7-6-14(21)10-15(16)19(25)28/h6-7,10,13H,8-9,11-12H2,1-5H3. The van der Waals surface area contributed by atoms with Gasteiger partial charge in [-0.1, -0.05) is 15.9 Å². The van der Waals surface area contributed by atoms with Gasteiger partial charge in [-0.15, -0.1) is 0 Å². The molecule has 0 saturated carbocycles. The van der Waals surface area contributed by atoms with Gasteiger partial charge in [0.25, 0.3) is 5.56 Å². The van der Waals surface area contributed by atoms with E-state index in [0.29, 0.717) is 24.0 Å². The van der Waals surface area contributed by atoms with E-state index in [0.717, 1.165) is 4.47 Å². The number of hydrogen-bond acceptors (Lipinski definition) is 6. The van der Waals surface area contributed by atoms with Gasteiger partial charge >= 0.3 is 5.97 Å². The first-order valence-corrected chi connectivity index (χ1v) is 10.0. The fourth-order valence-electron chi connectivity index (χ4n) is 2.63. The number of benzene rings is 1. The molecule has 0 aliphatic carbocycles. The predicted octanol–water partition coefficient (Wildman–Crippen LogP) is 1.89. The summed E-state index contributed by atoms with van der Waals surface area (Å²) in [6.07, 6.45) is 1.36. The van der Waals surface area contributed by atoms with Crippen LogP contribution in [0, 0.1) is 0 Å². The Balaban J connectivity index is 2.22. The Kier molecular flexibility index (Phi) is 7.54. The van der Waals surface area contributed by atoms with Crippen molar-refractivity contribution < 1.29 is 14.3 Å². The van der Waals surface area contributed by atoms with Crippen LogP contribution >= 0.6 is 15.9 Å². The summed E-state index contributed by atoms with van der Waals surface area (Å²) in [5, 5.41) is 0.418. The van der Waals surface area contributed by atoms with Gasteiger partial charge in [-0.3, -0.25) is 19.0 Å². The summed E-state index contributed by atoms with van der Waals surface area (Å²) >= 11 is 3.34. The summed E-state index contributed by atoms with van der Waals surface area (Å²) in [6.45, 7) is 5.86. The highest BCUT2D eigenvalue weighted by atomic mass is 79.9. The molecule has 9 heteroatoms. The zero-order chi connectivity index (χ0) is 21.8. The number of esters is 1. The third kappa shape index (κ3) is 6.93. The third-order valence-corrected chi connectivity index (χ3v) is 4.49. The van der Waals surface area contributed by atoms with Crippen LogP contribution in [-0.4, -0.2) is 70.6 Å². The molecular weight excluding hydrogens is 440 g/mol. The topological polar surface area (TPSA) is 84.7 Å². The molecule has 8 nitrogen and oxygen atoms in total. The van der Waals surface area contributed by atoms with Crippen molar-refractivity contribution in [3.8, 4) is 0 Å². The minimum atomic E-state index is -0.639. The number of carbonyl (C=O) groups is 2. The molecule has 0 aliphatic rings. The fraction of sp³-hybridized carbons (Fsp3) is 0.500. The Morgan fingerprint density at radius 1 is 1.21 bits per heavy atom. The Bertz CT molecular complexity index is 950. The van der Waals surface area contributed by atoms with Crippen LogP contribution in [0.5, 0.6) is 0 Å². The number of ether oxygens (including phenoxy) is 1. The normalized spacial score (nSPS) is 11.7. The second kappa shape index (κ2) is 9.49. The first kappa shape index (κ1) is 23.0. The quantitative estimate of drug-likeness (QED) is 0.579. The average molecular weight is 467 g/mol. The lowest BCUT2D eigenvalue weighted by molar-refractivity contribution is -0.159. The molecule has 1 aromatic heterocycles. The maximum Gasteiger partial charge on any atom is 0.326 e. The highest BCUT2D eigenvalue weighted by molar-refractivity contribution is 9.10. The van der Waals surface area contributed by atoms with Crippen LogP contribution in [0.3, 0.4) is 0 Å². The summed E-state index contributed by atoms with van der Waals surface area (Å²) in [6, 6.07) is 5.21. The monoisotopic (exact) mass is 466 g/mol. The minimum Gasteiger partial charge on any atom is -0.459 e. The zero-order valence-electron chi connectivity index (χ0n) is 17.4. The van der Waals surface area contributed by atoms with E-state index < -0.39 is 11.6 Å². The molecule has 2 rings (SSSR count). The van der Waals surface area contributed by atoms with Crippen molar-refractivity contribution in [2.75, 3.05) is 33.7 Å². The van der Waals surface area contributed by atoms with E-state index in [-0.39, 0.29) is 24.6 Å². The minimum absolute atomic E-state index is 0.175. The number of hydrogen-bond donors (Lipinski definition) is 0. The first-order chi connectivity index (χ1) is 13.5. The SMILES string of the molecule is CN(C)CCN(CC(=O)OC(C)(C)C)C(=O)Cn1cnc2ccc(Br)cc2c1=O.